The van der Waals surface area contributed by atoms with Crippen LogP contribution in [0.4, 0.5) is 11.4 Å². The molecule has 11 heteroatoms. The van der Waals surface area contributed by atoms with Gasteiger partial charge in [-0.25, -0.2) is 10.2 Å². The summed E-state index contributed by atoms with van der Waals surface area (Å²) in [7, 11) is 0. The molecule has 0 aliphatic rings. The van der Waals surface area contributed by atoms with Crippen molar-refractivity contribution in [2.75, 3.05) is 17.2 Å². The molecular weight excluding hydrogens is 520 g/mol. The number of hydrazone groups is 1. The first-order chi connectivity index (χ1) is 16.8. The van der Waals surface area contributed by atoms with Gasteiger partial charge >= 0.3 is 17.8 Å². The first kappa shape index (κ1) is 25.1. The molecule has 0 spiro atoms. The average molecular weight is 539 g/mol. The van der Waals surface area contributed by atoms with Gasteiger partial charge in [0.15, 0.2) is 6.61 Å². The zero-order valence-corrected chi connectivity index (χ0v) is 19.6. The predicted molar refractivity (Wildman–Crippen MR) is 132 cm³/mol. The highest BCUT2D eigenvalue weighted by molar-refractivity contribution is 9.10. The Hall–Kier alpha value is -4.51. The van der Waals surface area contributed by atoms with E-state index < -0.39 is 30.3 Å². The lowest BCUT2D eigenvalue weighted by Crippen LogP contribution is -2.33. The van der Waals surface area contributed by atoms with Crippen molar-refractivity contribution in [1.82, 2.24) is 5.43 Å². The van der Waals surface area contributed by atoms with Crippen molar-refractivity contribution >= 4 is 57.2 Å². The Morgan fingerprint density at radius 2 is 1.57 bits per heavy atom. The number of para-hydroxylation sites is 1. The molecule has 0 heterocycles. The van der Waals surface area contributed by atoms with Crippen LogP contribution in [0.2, 0.25) is 0 Å². The van der Waals surface area contributed by atoms with E-state index in [0.29, 0.717) is 17.0 Å². The van der Waals surface area contributed by atoms with E-state index >= 15 is 0 Å². The van der Waals surface area contributed by atoms with Crippen molar-refractivity contribution in [3.8, 4) is 5.75 Å². The van der Waals surface area contributed by atoms with E-state index in [1.54, 1.807) is 48.5 Å². The molecule has 0 aromatic heterocycles. The Kier molecular flexibility index (Phi) is 8.68. The molecule has 3 rings (SSSR count). The van der Waals surface area contributed by atoms with Gasteiger partial charge in [-0.05, 0) is 66.2 Å². The molecule has 0 radical (unpaired) electrons. The molecule has 0 saturated heterocycles. The number of benzene rings is 3. The van der Waals surface area contributed by atoms with Gasteiger partial charge in [0.25, 0.3) is 5.91 Å². The molecule has 0 bridgehead atoms. The predicted octanol–water partition coefficient (Wildman–Crippen LogP) is 3.25. The number of amides is 3. The lowest BCUT2D eigenvalue weighted by atomic mass is 10.1. The number of ether oxygens (including phenoxy) is 1. The monoisotopic (exact) mass is 538 g/mol. The van der Waals surface area contributed by atoms with Crippen LogP contribution >= 0.6 is 15.9 Å². The van der Waals surface area contributed by atoms with Crippen LogP contribution in [0.3, 0.4) is 0 Å². The first-order valence-corrected chi connectivity index (χ1v) is 10.9. The zero-order chi connectivity index (χ0) is 25.2. The minimum absolute atomic E-state index is 0.156. The van der Waals surface area contributed by atoms with Gasteiger partial charge in [-0.1, -0.05) is 28.1 Å². The number of carboxylic acids is 1. The molecule has 0 unspecified atom stereocenters. The Morgan fingerprint density at radius 1 is 0.886 bits per heavy atom. The maximum atomic E-state index is 12.7. The number of nitrogens with one attached hydrogen (secondary N) is 3. The summed E-state index contributed by atoms with van der Waals surface area (Å²) in [5.74, 6) is -3.24. The van der Waals surface area contributed by atoms with Crippen molar-refractivity contribution in [2.24, 2.45) is 5.10 Å². The van der Waals surface area contributed by atoms with Gasteiger partial charge in [0.1, 0.15) is 5.75 Å². The number of rotatable bonds is 8. The van der Waals surface area contributed by atoms with E-state index in [1.807, 2.05) is 0 Å². The Bertz CT molecular complexity index is 1260. The van der Waals surface area contributed by atoms with Crippen LogP contribution in [0.1, 0.15) is 15.9 Å². The molecule has 0 atom stereocenters. The fourth-order valence-electron chi connectivity index (χ4n) is 2.71. The molecule has 178 valence electrons. The number of carbonyl (C=O) groups is 4. The van der Waals surface area contributed by atoms with Gasteiger partial charge in [-0.3, -0.25) is 14.4 Å². The second-order valence-electron chi connectivity index (χ2n) is 6.91. The maximum absolute atomic E-state index is 12.7. The second-order valence-corrected chi connectivity index (χ2v) is 7.83. The van der Waals surface area contributed by atoms with E-state index in [1.165, 1.54) is 30.5 Å². The molecule has 3 aromatic carbocycles. The lowest BCUT2D eigenvalue weighted by molar-refractivity contribution is -0.139. The number of carboxylic acid groups (broad SMARTS) is 1. The largest absolute Gasteiger partial charge is 0.482 e. The molecule has 0 aliphatic carbocycles. The number of nitrogens with zero attached hydrogens (tertiary/aromatic N) is 1. The van der Waals surface area contributed by atoms with Gasteiger partial charge in [0, 0.05) is 10.2 Å². The van der Waals surface area contributed by atoms with Crippen molar-refractivity contribution < 1.29 is 29.0 Å². The van der Waals surface area contributed by atoms with Gasteiger partial charge < -0.3 is 20.5 Å². The number of aliphatic carboxylic acids is 1. The summed E-state index contributed by atoms with van der Waals surface area (Å²) >= 11 is 3.32. The Morgan fingerprint density at radius 3 is 2.26 bits per heavy atom. The van der Waals surface area contributed by atoms with Crippen LogP contribution in [-0.2, 0) is 14.4 Å². The summed E-state index contributed by atoms with van der Waals surface area (Å²) in [5.41, 5.74) is 3.57. The van der Waals surface area contributed by atoms with Gasteiger partial charge in [0.2, 0.25) is 0 Å². The smallest absolute Gasteiger partial charge is 0.341 e. The fourth-order valence-corrected chi connectivity index (χ4v) is 2.98. The average Bonchev–Trinajstić information content (AvgIpc) is 2.85. The molecule has 0 saturated carbocycles. The topological polar surface area (TPSA) is 146 Å². The van der Waals surface area contributed by atoms with E-state index in [0.717, 1.165) is 4.47 Å². The minimum Gasteiger partial charge on any atom is -0.482 e. The van der Waals surface area contributed by atoms with Crippen LogP contribution in [0.25, 0.3) is 0 Å². The second kappa shape index (κ2) is 12.1. The van der Waals surface area contributed by atoms with Crippen molar-refractivity contribution in [3.05, 3.63) is 88.4 Å². The molecule has 35 heavy (non-hydrogen) atoms. The van der Waals surface area contributed by atoms with E-state index in [4.69, 9.17) is 9.84 Å². The van der Waals surface area contributed by atoms with Crippen LogP contribution in [0.5, 0.6) is 5.75 Å². The molecule has 4 N–H and O–H groups in total. The number of carbonyl (C=O) groups excluding carboxylic acids is 3. The summed E-state index contributed by atoms with van der Waals surface area (Å²) < 4.78 is 5.88. The normalized spacial score (nSPS) is 10.4. The van der Waals surface area contributed by atoms with Crippen LogP contribution < -0.4 is 20.8 Å². The summed E-state index contributed by atoms with van der Waals surface area (Å²) in [4.78, 5) is 47.6. The summed E-state index contributed by atoms with van der Waals surface area (Å²) in [5, 5.41) is 17.5. The van der Waals surface area contributed by atoms with E-state index in [9.17, 15) is 19.2 Å². The molecule has 10 nitrogen and oxygen atoms in total. The van der Waals surface area contributed by atoms with Crippen molar-refractivity contribution in [2.45, 2.75) is 0 Å². The maximum Gasteiger partial charge on any atom is 0.341 e. The minimum atomic E-state index is -1.09. The molecular formula is C24H19BrN4O6. The summed E-state index contributed by atoms with van der Waals surface area (Å²) in [6.45, 7) is -0.465. The molecule has 0 fully saturated rings. The molecule has 3 amide bonds. The Labute approximate surface area is 208 Å². The summed E-state index contributed by atoms with van der Waals surface area (Å²) in [6.07, 6.45) is 1.30. The fraction of sp³-hybridized carbons (Fsp3) is 0.0417. The standard InChI is InChI=1S/C24H19BrN4O6/c25-16-7-9-17(10-8-16)27-22(32)19-3-1-2-4-20(19)28-23(33)24(34)29-26-13-15-5-11-18(12-6-15)35-14-21(30)31/h1-13H,14H2,(H,27,32)(H,28,33)(H,29,34)(H,30,31). The van der Waals surface area contributed by atoms with Crippen molar-refractivity contribution in [3.63, 3.8) is 0 Å². The third-order valence-corrected chi connectivity index (χ3v) is 4.88. The SMILES string of the molecule is O=C(O)COc1ccc(C=NNC(=O)C(=O)Nc2ccccc2C(=O)Nc2ccc(Br)cc2)cc1. The lowest BCUT2D eigenvalue weighted by Gasteiger charge is -2.11. The Balaban J connectivity index is 1.56. The van der Waals surface area contributed by atoms with Crippen LogP contribution in [0.15, 0.2) is 82.4 Å². The highest BCUT2D eigenvalue weighted by Crippen LogP contribution is 2.19. The van der Waals surface area contributed by atoms with Crippen LogP contribution in [-0.4, -0.2) is 41.6 Å². The third-order valence-electron chi connectivity index (χ3n) is 4.35. The van der Waals surface area contributed by atoms with Gasteiger partial charge in [-0.15, -0.1) is 0 Å². The molecule has 0 aliphatic heterocycles. The number of hydrogen-bond acceptors (Lipinski definition) is 6. The quantitative estimate of drug-likeness (QED) is 0.196. The van der Waals surface area contributed by atoms with E-state index in [-0.39, 0.29) is 11.3 Å². The number of hydrogen-bond donors (Lipinski definition) is 4. The van der Waals surface area contributed by atoms with E-state index in [2.05, 4.69) is 37.1 Å². The number of anilines is 2. The van der Waals surface area contributed by atoms with Crippen molar-refractivity contribution in [1.29, 1.82) is 0 Å². The van der Waals surface area contributed by atoms with Gasteiger partial charge in [-0.2, -0.15) is 5.10 Å². The van der Waals surface area contributed by atoms with Gasteiger partial charge in [0.05, 0.1) is 17.5 Å². The third kappa shape index (κ3) is 7.79. The molecule has 3 aromatic rings. The van der Waals surface area contributed by atoms with Crippen LogP contribution in [0, 0.1) is 0 Å². The summed E-state index contributed by atoms with van der Waals surface area (Å²) in [6, 6.07) is 19.5. The first-order valence-electron chi connectivity index (χ1n) is 10.1. The zero-order valence-electron chi connectivity index (χ0n) is 18.0. The highest BCUT2D eigenvalue weighted by atomic mass is 79.9. The number of halogens is 1. The highest BCUT2D eigenvalue weighted by Gasteiger charge is 2.17.